The number of rotatable bonds is 12. The van der Waals surface area contributed by atoms with Crippen molar-refractivity contribution < 1.29 is 33.5 Å². The van der Waals surface area contributed by atoms with Crippen LogP contribution in [0.5, 0.6) is 0 Å². The summed E-state index contributed by atoms with van der Waals surface area (Å²) in [6.45, 7) is 7.68. The van der Waals surface area contributed by atoms with Gasteiger partial charge < -0.3 is 25.1 Å². The Morgan fingerprint density at radius 2 is 1.98 bits per heavy atom. The second-order valence-corrected chi connectivity index (χ2v) is 11.6. The Balaban J connectivity index is 1.69. The average molecular weight is 605 g/mol. The molecule has 1 atom stereocenters. The second kappa shape index (κ2) is 14.8. The standard InChI is InChI=1S/C28H37FN6O6S/c1-18(36)31-14-22-17-35(27(38)40-22)21-9-10-23(24(29)13-21)20-7-5-19(6-8-20)16-34(26(37)41-28(2,3)4)11-12-42-25(33-30)15-32-39/h5-10,13,15,22,32-33,39H,11-12,14,16-17,30H2,1-4H3,(H,31,36)/b25-15+/t22-/m0/s1. The molecule has 0 radical (unpaired) electrons. The van der Waals surface area contributed by atoms with Gasteiger partial charge in [0, 0.05) is 31.3 Å². The number of carbonyl (C=O) groups is 3. The van der Waals surface area contributed by atoms with Crippen molar-refractivity contribution in [1.29, 1.82) is 0 Å². The molecule has 42 heavy (non-hydrogen) atoms. The van der Waals surface area contributed by atoms with Crippen molar-refractivity contribution in [2.45, 2.75) is 45.9 Å². The van der Waals surface area contributed by atoms with E-state index in [0.717, 1.165) is 5.56 Å². The topological polar surface area (TPSA) is 158 Å². The van der Waals surface area contributed by atoms with Gasteiger partial charge >= 0.3 is 12.2 Å². The minimum absolute atomic E-state index is 0.179. The van der Waals surface area contributed by atoms with Crippen LogP contribution in [-0.4, -0.2) is 65.3 Å². The predicted molar refractivity (Wildman–Crippen MR) is 158 cm³/mol. The lowest BCUT2D eigenvalue weighted by molar-refractivity contribution is -0.119. The number of ether oxygens (including phenoxy) is 2. The van der Waals surface area contributed by atoms with Crippen LogP contribution in [0.3, 0.4) is 0 Å². The van der Waals surface area contributed by atoms with Crippen molar-refractivity contribution in [3.05, 3.63) is 65.1 Å². The van der Waals surface area contributed by atoms with E-state index in [9.17, 15) is 14.4 Å². The van der Waals surface area contributed by atoms with Gasteiger partial charge in [0.1, 0.15) is 22.6 Å². The molecule has 2 aromatic rings. The Labute approximate surface area is 248 Å². The third-order valence-corrected chi connectivity index (χ3v) is 6.90. The maximum absolute atomic E-state index is 15.2. The average Bonchev–Trinajstić information content (AvgIpc) is 3.30. The van der Waals surface area contributed by atoms with Crippen molar-refractivity contribution in [2.75, 3.05) is 30.3 Å². The maximum Gasteiger partial charge on any atom is 0.414 e. The number of anilines is 1. The molecule has 6 N–H and O–H groups in total. The molecule has 0 spiro atoms. The van der Waals surface area contributed by atoms with Crippen LogP contribution in [0.1, 0.15) is 33.3 Å². The van der Waals surface area contributed by atoms with E-state index in [1.54, 1.807) is 62.1 Å². The van der Waals surface area contributed by atoms with E-state index in [2.05, 4.69) is 10.7 Å². The molecule has 2 aromatic carbocycles. The number of cyclic esters (lactones) is 1. The third kappa shape index (κ3) is 9.53. The first-order valence-electron chi connectivity index (χ1n) is 13.2. The maximum atomic E-state index is 15.2. The summed E-state index contributed by atoms with van der Waals surface area (Å²) in [5.41, 5.74) is 5.80. The summed E-state index contributed by atoms with van der Waals surface area (Å²) in [7, 11) is 0. The number of hydrazine groups is 1. The second-order valence-electron chi connectivity index (χ2n) is 10.4. The first-order chi connectivity index (χ1) is 19.9. The molecule has 12 nitrogen and oxygen atoms in total. The summed E-state index contributed by atoms with van der Waals surface area (Å²) >= 11 is 1.30. The number of carbonyl (C=O) groups excluding carboxylic acids is 3. The van der Waals surface area contributed by atoms with Crippen LogP contribution in [0, 0.1) is 5.82 Å². The highest BCUT2D eigenvalue weighted by atomic mass is 32.2. The first-order valence-corrected chi connectivity index (χ1v) is 14.2. The van der Waals surface area contributed by atoms with Crippen molar-refractivity contribution in [3.8, 4) is 11.1 Å². The van der Waals surface area contributed by atoms with Crippen molar-refractivity contribution >= 4 is 35.5 Å². The van der Waals surface area contributed by atoms with Crippen molar-refractivity contribution in [2.24, 2.45) is 5.84 Å². The lowest BCUT2D eigenvalue weighted by Crippen LogP contribution is -2.37. The highest BCUT2D eigenvalue weighted by Gasteiger charge is 2.32. The Hall–Kier alpha value is -4.01. The molecule has 0 unspecified atom stereocenters. The van der Waals surface area contributed by atoms with Gasteiger partial charge in [0.2, 0.25) is 5.91 Å². The van der Waals surface area contributed by atoms with E-state index in [1.807, 2.05) is 5.48 Å². The molecule has 1 heterocycles. The number of benzene rings is 2. The van der Waals surface area contributed by atoms with Crippen molar-refractivity contribution in [3.63, 3.8) is 0 Å². The quantitative estimate of drug-likeness (QED) is 0.179. The summed E-state index contributed by atoms with van der Waals surface area (Å²) in [6, 6.07) is 11.6. The van der Waals surface area contributed by atoms with E-state index in [-0.39, 0.29) is 25.5 Å². The first kappa shape index (κ1) is 32.5. The predicted octanol–water partition coefficient (Wildman–Crippen LogP) is 3.67. The minimum Gasteiger partial charge on any atom is -0.444 e. The zero-order valence-electron chi connectivity index (χ0n) is 24.0. The van der Waals surface area contributed by atoms with Gasteiger partial charge in [-0.2, -0.15) is 0 Å². The zero-order valence-corrected chi connectivity index (χ0v) is 24.8. The number of hydrogen-bond donors (Lipinski definition) is 5. The number of amides is 3. The van der Waals surface area contributed by atoms with E-state index >= 15 is 4.39 Å². The molecule has 1 saturated heterocycles. The highest BCUT2D eigenvalue weighted by molar-refractivity contribution is 8.03. The fraction of sp³-hybridized carbons (Fsp3) is 0.393. The molecular formula is C28H37FN6O6S. The van der Waals surface area contributed by atoms with Gasteiger partial charge in [-0.1, -0.05) is 24.3 Å². The largest absolute Gasteiger partial charge is 0.444 e. The molecule has 1 fully saturated rings. The summed E-state index contributed by atoms with van der Waals surface area (Å²) in [6.07, 6.45) is -0.329. The van der Waals surface area contributed by atoms with Gasteiger partial charge in [-0.05, 0) is 50.1 Å². The lowest BCUT2D eigenvalue weighted by atomic mass is 10.0. The zero-order chi connectivity index (χ0) is 30.9. The molecule has 14 heteroatoms. The van der Waals surface area contributed by atoms with Gasteiger partial charge in [-0.3, -0.25) is 20.4 Å². The van der Waals surface area contributed by atoms with E-state index in [0.29, 0.717) is 34.1 Å². The molecule has 0 bridgehead atoms. The van der Waals surface area contributed by atoms with Gasteiger partial charge in [0.15, 0.2) is 0 Å². The fourth-order valence-corrected chi connectivity index (χ4v) is 4.77. The van der Waals surface area contributed by atoms with Crippen LogP contribution in [-0.2, 0) is 20.8 Å². The Kier molecular flexibility index (Phi) is 11.4. The number of hydrogen-bond acceptors (Lipinski definition) is 10. The van der Waals surface area contributed by atoms with E-state index < -0.39 is 29.7 Å². The Morgan fingerprint density at radius 3 is 2.57 bits per heavy atom. The van der Waals surface area contributed by atoms with Gasteiger partial charge in [0.25, 0.3) is 0 Å². The smallest absolute Gasteiger partial charge is 0.414 e. The van der Waals surface area contributed by atoms with Crippen LogP contribution < -0.4 is 27.0 Å². The molecule has 0 aromatic heterocycles. The van der Waals surface area contributed by atoms with Crippen LogP contribution >= 0.6 is 11.8 Å². The highest BCUT2D eigenvalue weighted by Crippen LogP contribution is 2.29. The monoisotopic (exact) mass is 604 g/mol. The Morgan fingerprint density at radius 1 is 1.26 bits per heavy atom. The van der Waals surface area contributed by atoms with Crippen LogP contribution in [0.25, 0.3) is 11.1 Å². The third-order valence-electron chi connectivity index (χ3n) is 5.96. The summed E-state index contributed by atoms with van der Waals surface area (Å²) in [5, 5.41) is 11.9. The normalized spacial score (nSPS) is 15.2. The van der Waals surface area contributed by atoms with E-state index in [1.165, 1.54) is 35.9 Å². The number of nitrogens with zero attached hydrogens (tertiary/aromatic N) is 2. The minimum atomic E-state index is -0.682. The van der Waals surface area contributed by atoms with Crippen LogP contribution in [0.2, 0.25) is 0 Å². The molecule has 3 rings (SSSR count). The van der Waals surface area contributed by atoms with Gasteiger partial charge in [-0.15, -0.1) is 11.8 Å². The lowest BCUT2D eigenvalue weighted by Gasteiger charge is -2.27. The molecule has 1 aliphatic heterocycles. The number of halogens is 1. The van der Waals surface area contributed by atoms with E-state index in [4.69, 9.17) is 20.5 Å². The van der Waals surface area contributed by atoms with Crippen molar-refractivity contribution in [1.82, 2.24) is 21.1 Å². The fourth-order valence-electron chi connectivity index (χ4n) is 4.02. The van der Waals surface area contributed by atoms with Crippen LogP contribution in [0.15, 0.2) is 53.7 Å². The van der Waals surface area contributed by atoms with Gasteiger partial charge in [0.05, 0.1) is 25.0 Å². The molecular weight excluding hydrogens is 567 g/mol. The molecule has 1 aliphatic rings. The molecule has 0 saturated carbocycles. The van der Waals surface area contributed by atoms with Crippen LogP contribution in [0.4, 0.5) is 19.7 Å². The number of nitrogens with two attached hydrogens (primary N) is 1. The molecule has 3 amide bonds. The molecule has 228 valence electrons. The van der Waals surface area contributed by atoms with Gasteiger partial charge in [-0.25, -0.2) is 19.8 Å². The number of hydroxylamine groups is 1. The summed E-state index contributed by atoms with van der Waals surface area (Å²) in [4.78, 5) is 39.2. The SMILES string of the molecule is CC(=O)NC[C@H]1CN(c2ccc(-c3ccc(CN(CCS/C(=C/NO)NN)C(=O)OC(C)(C)C)cc3)c(F)c2)C(=O)O1. The summed E-state index contributed by atoms with van der Waals surface area (Å²) < 4.78 is 26.0. The molecule has 0 aliphatic carbocycles. The number of nitrogens with one attached hydrogen (secondary N) is 3. The number of thioether (sulfide) groups is 1. The Bertz CT molecular complexity index is 1290. The summed E-state index contributed by atoms with van der Waals surface area (Å²) in [5.74, 6) is 5.15.